The second-order valence-corrected chi connectivity index (χ2v) is 14.5. The van der Waals surface area contributed by atoms with Crippen LogP contribution in [0.5, 0.6) is 11.5 Å². The van der Waals surface area contributed by atoms with Crippen LogP contribution < -0.4 is 24.1 Å². The summed E-state index contributed by atoms with van der Waals surface area (Å²) in [4.78, 5) is 0. The molecule has 0 amide bonds. The minimum absolute atomic E-state index is 0.371. The summed E-state index contributed by atoms with van der Waals surface area (Å²) in [7, 11) is -14.7. The van der Waals surface area contributed by atoms with Gasteiger partial charge in [0.2, 0.25) is 0 Å². The minimum Gasteiger partial charge on any atom is -0.376 e. The lowest BCUT2D eigenvalue weighted by Gasteiger charge is -2.34. The van der Waals surface area contributed by atoms with Crippen LogP contribution in [0.15, 0.2) is 36.4 Å². The first-order valence-corrected chi connectivity index (χ1v) is 14.2. The van der Waals surface area contributed by atoms with Crippen LogP contribution in [0.3, 0.4) is 0 Å². The molecule has 0 spiro atoms. The number of fused-ring (bicyclic) bond motifs is 2. The fourth-order valence-corrected chi connectivity index (χ4v) is 6.88. The quantitative estimate of drug-likeness (QED) is 0.286. The molecule has 2 aromatic rings. The van der Waals surface area contributed by atoms with Crippen molar-refractivity contribution in [2.45, 2.75) is 24.1 Å². The van der Waals surface area contributed by atoms with Gasteiger partial charge in [0.1, 0.15) is 19.6 Å². The Balaban J connectivity index is 2.02. The maximum absolute atomic E-state index is 12.6. The highest BCUT2D eigenvalue weighted by Gasteiger charge is 2.49. The van der Waals surface area contributed by atoms with Gasteiger partial charge in [-0.05, 0) is 46.8 Å². The lowest BCUT2D eigenvalue weighted by molar-refractivity contribution is -0.0504. The highest BCUT2D eigenvalue weighted by molar-refractivity contribution is 7.88. The maximum Gasteiger partial charge on any atom is 0.534 e. The molecule has 0 fully saturated rings. The van der Waals surface area contributed by atoms with E-state index in [4.69, 9.17) is 0 Å². The Morgan fingerprint density at radius 1 is 0.719 bits per heavy atom. The third-order valence-electron chi connectivity index (χ3n) is 4.58. The van der Waals surface area contributed by atoms with Crippen molar-refractivity contribution in [3.05, 3.63) is 36.4 Å². The van der Waals surface area contributed by atoms with Crippen molar-refractivity contribution in [1.29, 1.82) is 0 Å². The van der Waals surface area contributed by atoms with Gasteiger partial charge in [-0.2, -0.15) is 43.2 Å². The van der Waals surface area contributed by atoms with Crippen molar-refractivity contribution in [3.8, 4) is 11.5 Å². The van der Waals surface area contributed by atoms with Gasteiger partial charge >= 0.3 is 31.3 Å². The number of nitrogens with one attached hydrogen (secondary N) is 1. The third kappa shape index (κ3) is 4.25. The van der Waals surface area contributed by atoms with Gasteiger partial charge < -0.3 is 13.7 Å². The summed E-state index contributed by atoms with van der Waals surface area (Å²) in [5.74, 6) is -1.22. The molecule has 2 aromatic carbocycles. The molecule has 1 aliphatic rings. The molecule has 0 atom stereocenters. The van der Waals surface area contributed by atoms with Crippen molar-refractivity contribution < 1.29 is 51.5 Å². The number of benzene rings is 2. The minimum atomic E-state index is -5.91. The Morgan fingerprint density at radius 2 is 1.06 bits per heavy atom. The lowest BCUT2D eigenvalue weighted by Crippen LogP contribution is -2.57. The summed E-state index contributed by atoms with van der Waals surface area (Å²) in [6.07, 6.45) is 0. The first kappa shape index (κ1) is 24.2. The van der Waals surface area contributed by atoms with Gasteiger partial charge in [-0.15, -0.1) is 0 Å². The van der Waals surface area contributed by atoms with Gasteiger partial charge in [0, 0.05) is 11.4 Å². The highest BCUT2D eigenvalue weighted by atomic mass is 32.2. The van der Waals surface area contributed by atoms with E-state index in [1.165, 1.54) is 12.1 Å². The summed E-state index contributed by atoms with van der Waals surface area (Å²) in [6.45, 7) is 3.35. The third-order valence-corrected chi connectivity index (χ3v) is 10.1. The van der Waals surface area contributed by atoms with Crippen LogP contribution in [0, 0.1) is 0 Å². The molecular formula is C16H13F6NO6S2Si. The molecule has 16 heteroatoms. The van der Waals surface area contributed by atoms with Crippen molar-refractivity contribution in [1.82, 2.24) is 0 Å². The summed E-state index contributed by atoms with van der Waals surface area (Å²) in [6, 6.07) is 6.79. The number of halogens is 6. The van der Waals surface area contributed by atoms with Gasteiger partial charge in [-0.25, -0.2) is 0 Å². The molecule has 0 bridgehead atoms. The van der Waals surface area contributed by atoms with Gasteiger partial charge in [-0.1, -0.05) is 13.1 Å². The highest BCUT2D eigenvalue weighted by Crippen LogP contribution is 2.33. The molecular weight excluding hydrogens is 508 g/mol. The van der Waals surface area contributed by atoms with E-state index in [1.807, 2.05) is 0 Å². The van der Waals surface area contributed by atoms with Gasteiger partial charge in [-0.3, -0.25) is 0 Å². The Labute approximate surface area is 179 Å². The van der Waals surface area contributed by atoms with Crippen LogP contribution in [0.1, 0.15) is 0 Å². The molecule has 7 nitrogen and oxygen atoms in total. The fourth-order valence-electron chi connectivity index (χ4n) is 3.04. The second kappa shape index (κ2) is 7.28. The molecule has 0 unspecified atom stereocenters. The topological polar surface area (TPSA) is 98.8 Å². The standard InChI is InChI=1S/C16H13F6NO6S2Si/c1-32(2)13-7-9(28-30(24,25)15(17,18)19)3-5-11(13)23-12-6-4-10(8-14(12)32)29-31(26,27)16(20,21)22/h3-8,23H,1-2H3. The number of rotatable bonds is 4. The molecule has 0 aromatic heterocycles. The maximum atomic E-state index is 12.6. The van der Waals surface area contributed by atoms with Crippen molar-refractivity contribution in [2.24, 2.45) is 0 Å². The zero-order valence-corrected chi connectivity index (χ0v) is 18.6. The van der Waals surface area contributed by atoms with Crippen molar-refractivity contribution in [2.75, 3.05) is 5.32 Å². The zero-order chi connectivity index (χ0) is 24.3. The lowest BCUT2D eigenvalue weighted by atomic mass is 10.2. The molecule has 3 rings (SSSR count). The predicted octanol–water partition coefficient (Wildman–Crippen LogP) is 3.02. The first-order chi connectivity index (χ1) is 14.4. The van der Waals surface area contributed by atoms with E-state index in [9.17, 15) is 43.2 Å². The van der Waals surface area contributed by atoms with Crippen LogP contribution in [0.4, 0.5) is 37.7 Å². The summed E-state index contributed by atoms with van der Waals surface area (Å²) >= 11 is 0. The molecule has 176 valence electrons. The van der Waals surface area contributed by atoms with E-state index in [2.05, 4.69) is 13.7 Å². The average molecular weight is 521 g/mol. The van der Waals surface area contributed by atoms with Crippen LogP contribution >= 0.6 is 0 Å². The van der Waals surface area contributed by atoms with E-state index < -0.39 is 50.8 Å². The average Bonchev–Trinajstić information content (AvgIpc) is 2.61. The molecule has 0 saturated heterocycles. The van der Waals surface area contributed by atoms with Crippen LogP contribution in [-0.2, 0) is 20.2 Å². The summed E-state index contributed by atoms with van der Waals surface area (Å²) < 4.78 is 129. The number of alkyl halides is 6. The van der Waals surface area contributed by atoms with E-state index in [1.54, 1.807) is 13.1 Å². The SMILES string of the molecule is C[Si]1(C)c2cc(OS(=O)(=O)C(F)(F)F)ccc2Nc2ccc(OS(=O)(=O)C(F)(F)F)cc21. The second-order valence-electron chi connectivity index (χ2n) is 7.13. The van der Waals surface area contributed by atoms with E-state index in [-0.39, 0.29) is 0 Å². The Bertz CT molecular complexity index is 1190. The monoisotopic (exact) mass is 521 g/mol. The van der Waals surface area contributed by atoms with Crippen LogP contribution in [-0.4, -0.2) is 35.9 Å². The van der Waals surface area contributed by atoms with E-state index >= 15 is 0 Å². The number of hydrogen-bond donors (Lipinski definition) is 1. The van der Waals surface area contributed by atoms with Gasteiger partial charge in [0.05, 0.1) is 0 Å². The van der Waals surface area contributed by atoms with E-state index in [0.717, 1.165) is 24.3 Å². The molecule has 1 N–H and O–H groups in total. The van der Waals surface area contributed by atoms with Crippen LogP contribution in [0.2, 0.25) is 13.1 Å². The first-order valence-electron chi connectivity index (χ1n) is 8.43. The molecule has 1 heterocycles. The van der Waals surface area contributed by atoms with E-state index in [0.29, 0.717) is 21.7 Å². The number of anilines is 2. The number of hydrogen-bond acceptors (Lipinski definition) is 7. The molecule has 32 heavy (non-hydrogen) atoms. The van der Waals surface area contributed by atoms with Gasteiger partial charge in [0.25, 0.3) is 0 Å². The smallest absolute Gasteiger partial charge is 0.376 e. The van der Waals surface area contributed by atoms with Crippen molar-refractivity contribution >= 4 is 50.1 Å². The largest absolute Gasteiger partial charge is 0.534 e. The normalized spacial score (nSPS) is 15.9. The van der Waals surface area contributed by atoms with Crippen LogP contribution in [0.25, 0.3) is 0 Å². The molecule has 0 aliphatic carbocycles. The van der Waals surface area contributed by atoms with Gasteiger partial charge in [0.15, 0.2) is 0 Å². The molecule has 0 radical (unpaired) electrons. The van der Waals surface area contributed by atoms with Crippen molar-refractivity contribution in [3.63, 3.8) is 0 Å². The zero-order valence-electron chi connectivity index (χ0n) is 16.0. The molecule has 0 saturated carbocycles. The molecule has 1 aliphatic heterocycles. The Kier molecular flexibility index (Phi) is 5.50. The summed E-state index contributed by atoms with van der Waals surface area (Å²) in [5.41, 5.74) is -10.4. The Morgan fingerprint density at radius 3 is 1.38 bits per heavy atom. The Hall–Kier alpha value is -2.46. The predicted molar refractivity (Wildman–Crippen MR) is 104 cm³/mol. The fraction of sp³-hybridized carbons (Fsp3) is 0.250. The summed E-state index contributed by atoms with van der Waals surface area (Å²) in [5, 5.41) is 3.66.